The molecule has 45 heavy (non-hydrogen) atoms. The van der Waals surface area contributed by atoms with Crippen molar-refractivity contribution in [2.75, 3.05) is 0 Å². The fourth-order valence-corrected chi connectivity index (χ4v) is 11.0. The summed E-state index contributed by atoms with van der Waals surface area (Å²) >= 11 is 0. The van der Waals surface area contributed by atoms with Crippen molar-refractivity contribution in [2.45, 2.75) is 141 Å². The molecule has 0 spiro atoms. The fraction of sp³-hybridized carbons (Fsp3) is 0.778. The summed E-state index contributed by atoms with van der Waals surface area (Å²) in [5, 5.41) is 10.0. The third-order valence-corrected chi connectivity index (χ3v) is 13.4. The number of carbonyl (C=O) groups is 2. The van der Waals surface area contributed by atoms with Crippen molar-refractivity contribution in [1.82, 2.24) is 0 Å². The van der Waals surface area contributed by atoms with Crippen LogP contribution in [0.3, 0.4) is 0 Å². The molecule has 1 aromatic carbocycles. The van der Waals surface area contributed by atoms with E-state index in [4.69, 9.17) is 29.4 Å². The summed E-state index contributed by atoms with van der Waals surface area (Å²) in [6, 6.07) is 8.96. The van der Waals surface area contributed by atoms with Crippen LogP contribution < -0.4 is 5.73 Å². The Morgan fingerprint density at radius 1 is 0.911 bits per heavy atom. The highest BCUT2D eigenvalue weighted by Gasteiger charge is 2.67. The van der Waals surface area contributed by atoms with Gasteiger partial charge in [0.05, 0.1) is 23.7 Å². The van der Waals surface area contributed by atoms with Crippen LogP contribution in [0, 0.1) is 34.5 Å². The van der Waals surface area contributed by atoms with E-state index in [1.165, 1.54) is 0 Å². The van der Waals surface area contributed by atoms with Gasteiger partial charge in [-0.15, -0.1) is 0 Å². The van der Waals surface area contributed by atoms with Crippen LogP contribution in [-0.2, 0) is 28.5 Å². The Kier molecular flexibility index (Phi) is 7.72. The first-order valence-corrected chi connectivity index (χ1v) is 17.2. The number of benzene rings is 1. The second kappa shape index (κ2) is 11.0. The van der Waals surface area contributed by atoms with Crippen LogP contribution in [0.4, 0.5) is 0 Å². The quantitative estimate of drug-likeness (QED) is 0.314. The minimum atomic E-state index is -0.862. The van der Waals surface area contributed by atoms with Crippen molar-refractivity contribution in [3.05, 3.63) is 35.9 Å². The zero-order chi connectivity index (χ0) is 31.9. The molecule has 4 saturated carbocycles. The van der Waals surface area contributed by atoms with Gasteiger partial charge in [-0.25, -0.2) is 4.79 Å². The number of carboxylic acids is 1. The molecule has 9 nitrogen and oxygen atoms in total. The summed E-state index contributed by atoms with van der Waals surface area (Å²) in [5.74, 6) is -0.913. The number of hydrogen-bond acceptors (Lipinski definition) is 8. The number of ether oxygens (including phenoxy) is 5. The minimum absolute atomic E-state index is 0.0248. The van der Waals surface area contributed by atoms with Crippen LogP contribution in [0.2, 0.25) is 0 Å². The van der Waals surface area contributed by atoms with Gasteiger partial charge in [-0.2, -0.15) is 0 Å². The lowest BCUT2D eigenvalue weighted by atomic mass is 9.42. The van der Waals surface area contributed by atoms with Gasteiger partial charge in [0.25, 0.3) is 0 Å². The van der Waals surface area contributed by atoms with E-state index in [1.54, 1.807) is 12.1 Å². The van der Waals surface area contributed by atoms with E-state index in [9.17, 15) is 14.7 Å². The summed E-state index contributed by atoms with van der Waals surface area (Å²) in [4.78, 5) is 25.2. The highest BCUT2D eigenvalue weighted by Crippen LogP contribution is 2.68. The smallest absolute Gasteiger partial charge is 0.338 e. The molecule has 2 heterocycles. The van der Waals surface area contributed by atoms with Gasteiger partial charge in [0, 0.05) is 5.54 Å². The lowest BCUT2D eigenvalue weighted by Crippen LogP contribution is -2.66. The number of nitrogens with two attached hydrogens (primary N) is 1. The molecule has 7 rings (SSSR count). The van der Waals surface area contributed by atoms with E-state index in [1.807, 2.05) is 39.0 Å². The molecule has 1 aromatic rings. The summed E-state index contributed by atoms with van der Waals surface area (Å²) in [7, 11) is 0. The SMILES string of the molecule is C[C@@H]1O[C@@H](O[C@H]2CC[C@@]3(C)[C@H](CC[C@@H]4[C@@H]3CC[C@]3(C)[C@@H](C(=O)O)CC[C@]43N)C2)[C@@H]2OC(C)(C)O[C@@H]2[C@H]1OC(=O)c1ccccc1. The van der Waals surface area contributed by atoms with Crippen molar-refractivity contribution in [3.63, 3.8) is 0 Å². The van der Waals surface area contributed by atoms with Gasteiger partial charge < -0.3 is 34.5 Å². The first kappa shape index (κ1) is 31.6. The summed E-state index contributed by atoms with van der Waals surface area (Å²) < 4.78 is 31.8. The fourth-order valence-electron chi connectivity index (χ4n) is 11.0. The Morgan fingerprint density at radius 2 is 1.64 bits per heavy atom. The van der Waals surface area contributed by atoms with Crippen LogP contribution in [-0.4, -0.2) is 65.2 Å². The molecule has 6 fully saturated rings. The topological polar surface area (TPSA) is 127 Å². The minimum Gasteiger partial charge on any atom is -0.481 e. The van der Waals surface area contributed by atoms with Crippen molar-refractivity contribution in [2.24, 2.45) is 40.2 Å². The number of rotatable bonds is 5. The Bertz CT molecular complexity index is 1300. The predicted octanol–water partition coefficient (Wildman–Crippen LogP) is 5.69. The number of carboxylic acid groups (broad SMARTS) is 1. The molecule has 0 radical (unpaired) electrons. The van der Waals surface area contributed by atoms with Crippen molar-refractivity contribution in [1.29, 1.82) is 0 Å². The number of carbonyl (C=O) groups excluding carboxylic acids is 1. The second-order valence-corrected chi connectivity index (χ2v) is 16.0. The van der Waals surface area contributed by atoms with Crippen LogP contribution in [0.15, 0.2) is 30.3 Å². The second-order valence-electron chi connectivity index (χ2n) is 16.0. The van der Waals surface area contributed by atoms with E-state index in [0.29, 0.717) is 29.7 Å². The van der Waals surface area contributed by atoms with Gasteiger partial charge in [-0.1, -0.05) is 32.0 Å². The van der Waals surface area contributed by atoms with Crippen LogP contribution >= 0.6 is 0 Å². The Labute approximate surface area is 266 Å². The van der Waals surface area contributed by atoms with E-state index in [0.717, 1.165) is 51.4 Å². The zero-order valence-electron chi connectivity index (χ0n) is 27.4. The molecule has 0 aromatic heterocycles. The van der Waals surface area contributed by atoms with Gasteiger partial charge in [0.1, 0.15) is 12.2 Å². The average Bonchev–Trinajstić information content (AvgIpc) is 3.48. The maximum absolute atomic E-state index is 13.0. The molecule has 13 atom stereocenters. The molecule has 0 unspecified atom stereocenters. The Hall–Kier alpha value is -2.04. The zero-order valence-corrected chi connectivity index (χ0v) is 27.4. The highest BCUT2D eigenvalue weighted by atomic mass is 16.8. The summed E-state index contributed by atoms with van der Waals surface area (Å²) in [6.45, 7) is 10.3. The van der Waals surface area contributed by atoms with Gasteiger partial charge in [0.2, 0.25) is 0 Å². The normalized spacial score (nSPS) is 48.4. The van der Waals surface area contributed by atoms with Crippen LogP contribution in [0.25, 0.3) is 0 Å². The molecular formula is C36H51NO8. The van der Waals surface area contributed by atoms with Crippen LogP contribution in [0.1, 0.15) is 103 Å². The largest absolute Gasteiger partial charge is 0.481 e. The Balaban J connectivity index is 1.03. The molecule has 0 amide bonds. The number of fused-ring (bicyclic) bond motifs is 6. The van der Waals surface area contributed by atoms with Gasteiger partial charge in [-0.05, 0) is 119 Å². The molecule has 9 heteroatoms. The maximum atomic E-state index is 13.0. The lowest BCUT2D eigenvalue weighted by molar-refractivity contribution is -0.291. The predicted molar refractivity (Wildman–Crippen MR) is 165 cm³/mol. The highest BCUT2D eigenvalue weighted by molar-refractivity contribution is 5.89. The van der Waals surface area contributed by atoms with E-state index in [2.05, 4.69) is 13.8 Å². The molecule has 4 aliphatic carbocycles. The average molecular weight is 626 g/mol. The van der Waals surface area contributed by atoms with Crippen molar-refractivity contribution < 1.29 is 38.4 Å². The summed E-state index contributed by atoms with van der Waals surface area (Å²) in [5.41, 5.74) is 7.21. The lowest BCUT2D eigenvalue weighted by Gasteiger charge is -2.64. The summed E-state index contributed by atoms with van der Waals surface area (Å²) in [6.07, 6.45) is 5.81. The molecule has 2 aliphatic heterocycles. The third-order valence-electron chi connectivity index (χ3n) is 13.4. The molecule has 248 valence electrons. The van der Waals surface area contributed by atoms with Gasteiger partial charge in [0.15, 0.2) is 18.2 Å². The van der Waals surface area contributed by atoms with Gasteiger partial charge >= 0.3 is 11.9 Å². The first-order chi connectivity index (χ1) is 21.3. The molecular weight excluding hydrogens is 574 g/mol. The number of aliphatic carboxylic acids is 1. The van der Waals surface area contributed by atoms with Crippen LogP contribution in [0.5, 0.6) is 0 Å². The van der Waals surface area contributed by atoms with Crippen molar-refractivity contribution >= 4 is 11.9 Å². The monoisotopic (exact) mass is 625 g/mol. The van der Waals surface area contributed by atoms with Gasteiger partial charge in [-0.3, -0.25) is 4.79 Å². The third kappa shape index (κ3) is 4.98. The number of hydrogen-bond donors (Lipinski definition) is 2. The van der Waals surface area contributed by atoms with Crippen molar-refractivity contribution in [3.8, 4) is 0 Å². The maximum Gasteiger partial charge on any atom is 0.338 e. The van der Waals surface area contributed by atoms with E-state index in [-0.39, 0.29) is 22.9 Å². The molecule has 2 saturated heterocycles. The van der Waals surface area contributed by atoms with E-state index >= 15 is 0 Å². The van der Waals surface area contributed by atoms with E-state index < -0.39 is 54.0 Å². The standard InChI is InChI=1S/C36H51NO8/c1-20-27(43-31(40)21-9-7-6-8-10-21)28-29(45-33(2,3)44-28)32(41-20)42-23-13-16-34(4)22(19-23)11-12-25-24(34)14-17-35(5)26(30(38)39)15-18-36(25,35)37/h6-10,20,22-29,32H,11-19,37H2,1-5H3,(H,38,39)/t20-,22+,23-,24-,25+,26+,27-,28+,29+,32-,34-,35+,36-/m0/s1. The molecule has 6 aliphatic rings. The number of esters is 1. The molecule has 0 bridgehead atoms. The molecule has 3 N–H and O–H groups in total. The first-order valence-electron chi connectivity index (χ1n) is 17.2. The Morgan fingerprint density at radius 3 is 2.38 bits per heavy atom.